The highest BCUT2D eigenvalue weighted by Gasteiger charge is 2.33. The molecule has 0 bridgehead atoms. The van der Waals surface area contributed by atoms with Gasteiger partial charge in [0.15, 0.2) is 0 Å². The van der Waals surface area contributed by atoms with Crippen molar-refractivity contribution in [1.82, 2.24) is 18.4 Å². The first-order valence-corrected chi connectivity index (χ1v) is 8.66. The molecule has 1 aliphatic rings. The normalized spacial score (nSPS) is 20.8. The second-order valence-corrected chi connectivity index (χ2v) is 7.40. The Morgan fingerprint density at radius 3 is 3.10 bits per heavy atom. The monoisotopic (exact) mass is 312 g/mol. The first kappa shape index (κ1) is 13.9. The van der Waals surface area contributed by atoms with Gasteiger partial charge in [0.2, 0.25) is 10.0 Å². The predicted octanol–water partition coefficient (Wildman–Crippen LogP) is 0.921. The average molecular weight is 312 g/mol. The van der Waals surface area contributed by atoms with Gasteiger partial charge < -0.3 is 5.32 Å². The summed E-state index contributed by atoms with van der Waals surface area (Å²) >= 11 is 1.04. The standard InChI is InChI=1S/C12H16N4O2S2/c1-13-7-9-5-6-16(8-9)20(17,18)11-4-2-3-10-12(11)15-19-14-10/h2-4,9,13H,5-8H2,1H3. The average Bonchev–Trinajstić information content (AvgIpc) is 3.06. The van der Waals surface area contributed by atoms with E-state index in [0.29, 0.717) is 30.0 Å². The Hall–Kier alpha value is -1.09. The Morgan fingerprint density at radius 2 is 2.30 bits per heavy atom. The fraction of sp³-hybridized carbons (Fsp3) is 0.500. The predicted molar refractivity (Wildman–Crippen MR) is 78.2 cm³/mol. The van der Waals surface area contributed by atoms with Crippen LogP contribution in [0.15, 0.2) is 23.1 Å². The van der Waals surface area contributed by atoms with Gasteiger partial charge in [-0.25, -0.2) is 8.42 Å². The molecule has 1 N–H and O–H groups in total. The number of sulfonamides is 1. The quantitative estimate of drug-likeness (QED) is 0.908. The largest absolute Gasteiger partial charge is 0.319 e. The molecular weight excluding hydrogens is 296 g/mol. The third-order valence-corrected chi connectivity index (χ3v) is 6.05. The van der Waals surface area contributed by atoms with Gasteiger partial charge in [-0.15, -0.1) is 0 Å². The minimum absolute atomic E-state index is 0.272. The van der Waals surface area contributed by atoms with E-state index in [1.165, 1.54) is 0 Å². The lowest BCUT2D eigenvalue weighted by Gasteiger charge is -2.16. The summed E-state index contributed by atoms with van der Waals surface area (Å²) in [5, 5.41) is 3.10. The molecule has 2 aromatic rings. The topological polar surface area (TPSA) is 75.2 Å². The third kappa shape index (κ3) is 2.32. The summed E-state index contributed by atoms with van der Waals surface area (Å²) in [6.07, 6.45) is 0.894. The van der Waals surface area contributed by atoms with Crippen LogP contribution in [0, 0.1) is 5.92 Å². The van der Waals surface area contributed by atoms with E-state index in [-0.39, 0.29) is 4.90 Å². The number of nitrogens with zero attached hydrogens (tertiary/aromatic N) is 3. The first-order valence-electron chi connectivity index (χ1n) is 6.49. The number of rotatable bonds is 4. The molecule has 0 aliphatic carbocycles. The highest BCUT2D eigenvalue weighted by atomic mass is 32.2. The smallest absolute Gasteiger partial charge is 0.245 e. The molecule has 1 aliphatic heterocycles. The number of aromatic nitrogens is 2. The number of fused-ring (bicyclic) bond motifs is 1. The highest BCUT2D eigenvalue weighted by Crippen LogP contribution is 2.28. The van der Waals surface area contributed by atoms with Crippen LogP contribution in [-0.2, 0) is 10.0 Å². The van der Waals surface area contributed by atoms with Gasteiger partial charge in [-0.2, -0.15) is 13.1 Å². The van der Waals surface area contributed by atoms with Crippen LogP contribution in [0.1, 0.15) is 6.42 Å². The SMILES string of the molecule is CNCC1CCN(S(=O)(=O)c2cccc3nsnc23)C1. The molecule has 1 fully saturated rings. The molecular formula is C12H16N4O2S2. The van der Waals surface area contributed by atoms with Gasteiger partial charge in [0.1, 0.15) is 15.9 Å². The van der Waals surface area contributed by atoms with E-state index in [1.54, 1.807) is 22.5 Å². The lowest BCUT2D eigenvalue weighted by molar-refractivity contribution is 0.451. The van der Waals surface area contributed by atoms with Crippen molar-refractivity contribution in [3.05, 3.63) is 18.2 Å². The lowest BCUT2D eigenvalue weighted by atomic mass is 10.1. The van der Waals surface area contributed by atoms with Crippen LogP contribution < -0.4 is 5.32 Å². The van der Waals surface area contributed by atoms with E-state index in [9.17, 15) is 8.42 Å². The second-order valence-electron chi connectivity index (χ2n) is 4.96. The molecule has 0 saturated carbocycles. The summed E-state index contributed by atoms with van der Waals surface area (Å²) in [5.41, 5.74) is 1.12. The molecule has 1 aromatic carbocycles. The maximum Gasteiger partial charge on any atom is 0.245 e. The minimum Gasteiger partial charge on any atom is -0.319 e. The van der Waals surface area contributed by atoms with Crippen LogP contribution in [0.4, 0.5) is 0 Å². The Kier molecular flexibility index (Phi) is 3.72. The molecule has 6 nitrogen and oxygen atoms in total. The van der Waals surface area contributed by atoms with Crippen molar-refractivity contribution in [2.75, 3.05) is 26.7 Å². The van der Waals surface area contributed by atoms with Crippen molar-refractivity contribution in [2.24, 2.45) is 5.92 Å². The van der Waals surface area contributed by atoms with Crippen LogP contribution in [0.2, 0.25) is 0 Å². The third-order valence-electron chi connectivity index (χ3n) is 3.61. The van der Waals surface area contributed by atoms with Crippen LogP contribution in [0.5, 0.6) is 0 Å². The van der Waals surface area contributed by atoms with Crippen LogP contribution >= 0.6 is 11.7 Å². The van der Waals surface area contributed by atoms with Gasteiger partial charge in [-0.05, 0) is 38.1 Å². The zero-order valence-electron chi connectivity index (χ0n) is 11.1. The van der Waals surface area contributed by atoms with Gasteiger partial charge in [-0.3, -0.25) is 0 Å². The summed E-state index contributed by atoms with van der Waals surface area (Å²) < 4.78 is 35.3. The van der Waals surface area contributed by atoms with Crippen molar-refractivity contribution in [1.29, 1.82) is 0 Å². The fourth-order valence-electron chi connectivity index (χ4n) is 2.60. The molecule has 1 saturated heterocycles. The molecule has 0 spiro atoms. The van der Waals surface area contributed by atoms with Gasteiger partial charge in [0.05, 0.1) is 11.7 Å². The van der Waals surface area contributed by atoms with Crippen LogP contribution in [-0.4, -0.2) is 48.2 Å². The van der Waals surface area contributed by atoms with Crippen molar-refractivity contribution < 1.29 is 8.42 Å². The summed E-state index contributed by atoms with van der Waals surface area (Å²) in [7, 11) is -1.59. The number of benzene rings is 1. The molecule has 20 heavy (non-hydrogen) atoms. The van der Waals surface area contributed by atoms with Crippen molar-refractivity contribution in [3.8, 4) is 0 Å². The first-order chi connectivity index (χ1) is 9.63. The summed E-state index contributed by atoms with van der Waals surface area (Å²) in [4.78, 5) is 0.272. The van der Waals surface area contributed by atoms with Gasteiger partial charge in [-0.1, -0.05) is 6.07 Å². The van der Waals surface area contributed by atoms with E-state index >= 15 is 0 Å². The summed E-state index contributed by atoms with van der Waals surface area (Å²) in [5.74, 6) is 0.377. The van der Waals surface area contributed by atoms with Crippen molar-refractivity contribution in [2.45, 2.75) is 11.3 Å². The fourth-order valence-corrected chi connectivity index (χ4v) is 4.88. The minimum atomic E-state index is -3.48. The molecule has 2 heterocycles. The lowest BCUT2D eigenvalue weighted by Crippen LogP contribution is -2.30. The van der Waals surface area contributed by atoms with Gasteiger partial charge in [0, 0.05) is 13.1 Å². The molecule has 108 valence electrons. The van der Waals surface area contributed by atoms with Gasteiger partial charge in [0.25, 0.3) is 0 Å². The van der Waals surface area contributed by atoms with Crippen molar-refractivity contribution >= 4 is 32.8 Å². The summed E-state index contributed by atoms with van der Waals surface area (Å²) in [6.45, 7) is 1.98. The Balaban J connectivity index is 1.95. The Labute approximate surface area is 122 Å². The molecule has 1 aromatic heterocycles. The second kappa shape index (κ2) is 5.36. The number of nitrogens with one attached hydrogen (secondary N) is 1. The highest BCUT2D eigenvalue weighted by molar-refractivity contribution is 7.89. The molecule has 8 heteroatoms. The Bertz CT molecular complexity index is 713. The number of hydrogen-bond donors (Lipinski definition) is 1. The number of hydrogen-bond acceptors (Lipinski definition) is 6. The van der Waals surface area contributed by atoms with E-state index in [0.717, 1.165) is 24.7 Å². The summed E-state index contributed by atoms with van der Waals surface area (Å²) in [6, 6.07) is 5.12. The van der Waals surface area contributed by atoms with E-state index in [1.807, 2.05) is 7.05 Å². The maximum absolute atomic E-state index is 12.7. The van der Waals surface area contributed by atoms with Crippen LogP contribution in [0.25, 0.3) is 11.0 Å². The van der Waals surface area contributed by atoms with Gasteiger partial charge >= 0.3 is 0 Å². The van der Waals surface area contributed by atoms with E-state index in [4.69, 9.17) is 0 Å². The molecule has 0 amide bonds. The Morgan fingerprint density at radius 1 is 1.45 bits per heavy atom. The maximum atomic E-state index is 12.7. The molecule has 0 radical (unpaired) electrons. The van der Waals surface area contributed by atoms with Crippen molar-refractivity contribution in [3.63, 3.8) is 0 Å². The van der Waals surface area contributed by atoms with E-state index in [2.05, 4.69) is 14.1 Å². The molecule has 3 rings (SSSR count). The zero-order valence-corrected chi connectivity index (χ0v) is 12.7. The molecule has 1 unspecified atom stereocenters. The van der Waals surface area contributed by atoms with Crippen LogP contribution in [0.3, 0.4) is 0 Å². The van der Waals surface area contributed by atoms with E-state index < -0.39 is 10.0 Å². The zero-order chi connectivity index (χ0) is 14.2. The molecule has 1 atom stereocenters.